The van der Waals surface area contributed by atoms with E-state index in [4.69, 9.17) is 11.6 Å². The number of nitrogens with zero attached hydrogens (tertiary/aromatic N) is 2. The third-order valence-electron chi connectivity index (χ3n) is 4.24. The smallest absolute Gasteiger partial charge is 0.321 e. The highest BCUT2D eigenvalue weighted by Gasteiger charge is 2.31. The summed E-state index contributed by atoms with van der Waals surface area (Å²) in [4.78, 5) is 17.4. The van der Waals surface area contributed by atoms with Gasteiger partial charge in [-0.05, 0) is 31.5 Å². The van der Waals surface area contributed by atoms with Gasteiger partial charge >= 0.3 is 6.03 Å². The molecule has 2 aromatic rings. The van der Waals surface area contributed by atoms with Crippen molar-refractivity contribution < 1.29 is 13.2 Å². The van der Waals surface area contributed by atoms with Crippen LogP contribution >= 0.6 is 22.9 Å². The quantitative estimate of drug-likeness (QED) is 0.764. The molecular formula is C17H21ClN4O3S2. The molecule has 0 atom stereocenters. The molecule has 2 amide bonds. The summed E-state index contributed by atoms with van der Waals surface area (Å²) >= 11 is 7.15. The van der Waals surface area contributed by atoms with E-state index in [-0.39, 0.29) is 6.03 Å². The van der Waals surface area contributed by atoms with Crippen LogP contribution < -0.4 is 10.6 Å². The minimum Gasteiger partial charge on any atom is -0.334 e. The standard InChI is InChI=1S/C17H21ClN4O3S2/c1-11(2)27(24,25)22-8-7-14-15(10-22)26-17(20-14)21-16(23)19-9-12-3-5-13(18)6-4-12/h3-6,11H,7-10H2,1-2H3,(H2,19,20,21,23). The van der Waals surface area contributed by atoms with E-state index in [1.54, 1.807) is 26.0 Å². The Hall–Kier alpha value is -1.68. The van der Waals surface area contributed by atoms with Gasteiger partial charge in [-0.3, -0.25) is 5.32 Å². The Bertz CT molecular complexity index is 926. The fourth-order valence-electron chi connectivity index (χ4n) is 2.67. The minimum absolute atomic E-state index is 0.307. The number of carbonyl (C=O) groups excluding carboxylic acids is 1. The largest absolute Gasteiger partial charge is 0.334 e. The lowest BCUT2D eigenvalue weighted by atomic mass is 10.2. The number of carbonyl (C=O) groups is 1. The van der Waals surface area contributed by atoms with Crippen molar-refractivity contribution in [1.29, 1.82) is 0 Å². The second-order valence-electron chi connectivity index (χ2n) is 6.50. The summed E-state index contributed by atoms with van der Waals surface area (Å²) < 4.78 is 26.2. The number of rotatable bonds is 5. The molecule has 0 radical (unpaired) electrons. The number of nitrogens with one attached hydrogen (secondary N) is 2. The van der Waals surface area contributed by atoms with Crippen LogP contribution in [0.4, 0.5) is 9.93 Å². The number of benzene rings is 1. The molecule has 0 spiro atoms. The molecule has 0 unspecified atom stereocenters. The van der Waals surface area contributed by atoms with Crippen LogP contribution in [0.1, 0.15) is 30.0 Å². The first-order valence-electron chi connectivity index (χ1n) is 8.52. The van der Waals surface area contributed by atoms with Crippen LogP contribution in [0, 0.1) is 0 Å². The Morgan fingerprint density at radius 2 is 2.04 bits per heavy atom. The number of hydrogen-bond donors (Lipinski definition) is 2. The van der Waals surface area contributed by atoms with Gasteiger partial charge in [-0.2, -0.15) is 4.31 Å². The number of fused-ring (bicyclic) bond motifs is 1. The summed E-state index contributed by atoms with van der Waals surface area (Å²) in [5, 5.41) is 6.14. The average molecular weight is 429 g/mol. The fraction of sp³-hybridized carbons (Fsp3) is 0.412. The summed E-state index contributed by atoms with van der Waals surface area (Å²) in [5.74, 6) is 0. The van der Waals surface area contributed by atoms with Crippen molar-refractivity contribution in [2.45, 2.75) is 38.6 Å². The van der Waals surface area contributed by atoms with Gasteiger partial charge in [-0.1, -0.05) is 35.1 Å². The summed E-state index contributed by atoms with van der Waals surface area (Å²) in [6, 6.07) is 6.86. The summed E-state index contributed by atoms with van der Waals surface area (Å²) in [6.07, 6.45) is 0.547. The third-order valence-corrected chi connectivity index (χ3v) is 7.71. The summed E-state index contributed by atoms with van der Waals surface area (Å²) in [5.41, 5.74) is 1.78. The number of halogens is 1. The van der Waals surface area contributed by atoms with E-state index in [0.29, 0.717) is 36.2 Å². The van der Waals surface area contributed by atoms with Crippen LogP contribution in [0.5, 0.6) is 0 Å². The van der Waals surface area contributed by atoms with Crippen LogP contribution in [0.25, 0.3) is 0 Å². The molecule has 1 aromatic carbocycles. The van der Waals surface area contributed by atoms with Crippen molar-refractivity contribution in [2.75, 3.05) is 11.9 Å². The second kappa shape index (κ2) is 8.14. The van der Waals surface area contributed by atoms with Gasteiger partial charge in [0.15, 0.2) is 5.13 Å². The fourth-order valence-corrected chi connectivity index (χ4v) is 5.14. The molecular weight excluding hydrogens is 408 g/mol. The van der Waals surface area contributed by atoms with Crippen molar-refractivity contribution in [3.8, 4) is 0 Å². The van der Waals surface area contributed by atoms with Crippen molar-refractivity contribution in [3.05, 3.63) is 45.4 Å². The van der Waals surface area contributed by atoms with Crippen molar-refractivity contribution in [1.82, 2.24) is 14.6 Å². The highest BCUT2D eigenvalue weighted by atomic mass is 35.5. The van der Waals surface area contributed by atoms with Gasteiger partial charge < -0.3 is 5.32 Å². The molecule has 1 aliphatic heterocycles. The number of amides is 2. The first-order valence-corrected chi connectivity index (χ1v) is 11.2. The summed E-state index contributed by atoms with van der Waals surface area (Å²) in [6.45, 7) is 4.45. The van der Waals surface area contributed by atoms with E-state index < -0.39 is 15.3 Å². The highest BCUT2D eigenvalue weighted by molar-refractivity contribution is 7.89. The molecule has 1 aliphatic rings. The minimum atomic E-state index is -3.30. The van der Waals surface area contributed by atoms with Crippen LogP contribution in [0.2, 0.25) is 5.02 Å². The van der Waals surface area contributed by atoms with Gasteiger partial charge in [-0.25, -0.2) is 18.2 Å². The third kappa shape index (κ3) is 4.78. The zero-order valence-corrected chi connectivity index (χ0v) is 17.4. The van der Waals surface area contributed by atoms with Gasteiger partial charge in [0, 0.05) is 36.0 Å². The number of thiazole rings is 1. The lowest BCUT2D eigenvalue weighted by Gasteiger charge is -2.26. The monoisotopic (exact) mass is 428 g/mol. The average Bonchev–Trinajstić information content (AvgIpc) is 3.02. The molecule has 0 fully saturated rings. The van der Waals surface area contributed by atoms with Crippen LogP contribution in [0.3, 0.4) is 0 Å². The summed E-state index contributed by atoms with van der Waals surface area (Å²) in [7, 11) is -3.30. The predicted octanol–water partition coefficient (Wildman–Crippen LogP) is 3.21. The maximum atomic E-state index is 12.3. The maximum Gasteiger partial charge on any atom is 0.321 e. The Balaban J connectivity index is 1.59. The van der Waals surface area contributed by atoms with Gasteiger partial charge in [0.25, 0.3) is 0 Å². The molecule has 7 nitrogen and oxygen atoms in total. The predicted molar refractivity (Wildman–Crippen MR) is 108 cm³/mol. The number of sulfonamides is 1. The molecule has 10 heteroatoms. The Morgan fingerprint density at radius 3 is 2.70 bits per heavy atom. The molecule has 146 valence electrons. The topological polar surface area (TPSA) is 91.4 Å². The Labute approximate surface area is 167 Å². The van der Waals surface area contributed by atoms with E-state index in [1.165, 1.54) is 15.6 Å². The SMILES string of the molecule is CC(C)S(=O)(=O)N1CCc2nc(NC(=O)NCc3ccc(Cl)cc3)sc2C1. The van der Waals surface area contributed by atoms with Gasteiger partial charge in [0.05, 0.1) is 10.9 Å². The molecule has 2 N–H and O–H groups in total. The molecule has 0 bridgehead atoms. The Morgan fingerprint density at radius 1 is 1.33 bits per heavy atom. The second-order valence-corrected chi connectivity index (χ2v) is 10.5. The zero-order valence-electron chi connectivity index (χ0n) is 15.0. The molecule has 2 heterocycles. The molecule has 0 saturated heterocycles. The molecule has 3 rings (SSSR count). The first kappa shape index (κ1) is 20.1. The van der Waals surface area contributed by atoms with Crippen molar-refractivity contribution in [2.24, 2.45) is 0 Å². The van der Waals surface area contributed by atoms with Crippen LogP contribution in [-0.4, -0.2) is 35.5 Å². The van der Waals surface area contributed by atoms with Gasteiger partial charge in [0.2, 0.25) is 10.0 Å². The lowest BCUT2D eigenvalue weighted by molar-refractivity contribution is 0.251. The van der Waals surface area contributed by atoms with Gasteiger partial charge in [0.1, 0.15) is 0 Å². The molecule has 1 aromatic heterocycles. The number of aromatic nitrogens is 1. The van der Waals surface area contributed by atoms with Crippen LogP contribution in [-0.2, 0) is 29.5 Å². The highest BCUT2D eigenvalue weighted by Crippen LogP contribution is 2.30. The Kier molecular flexibility index (Phi) is 6.05. The van der Waals surface area contributed by atoms with E-state index in [1.807, 2.05) is 12.1 Å². The van der Waals surface area contributed by atoms with Crippen molar-refractivity contribution >= 4 is 44.1 Å². The number of hydrogen-bond acceptors (Lipinski definition) is 5. The van der Waals surface area contributed by atoms with E-state index >= 15 is 0 Å². The normalized spacial score (nSPS) is 14.8. The van der Waals surface area contributed by atoms with Crippen LogP contribution in [0.15, 0.2) is 24.3 Å². The maximum absolute atomic E-state index is 12.3. The molecule has 0 aliphatic carbocycles. The van der Waals surface area contributed by atoms with E-state index in [2.05, 4.69) is 15.6 Å². The lowest BCUT2D eigenvalue weighted by Crippen LogP contribution is -2.39. The van der Waals surface area contributed by atoms with E-state index in [9.17, 15) is 13.2 Å². The molecule has 0 saturated carbocycles. The first-order chi connectivity index (χ1) is 12.8. The number of anilines is 1. The van der Waals surface area contributed by atoms with Crippen molar-refractivity contribution in [3.63, 3.8) is 0 Å². The van der Waals surface area contributed by atoms with E-state index in [0.717, 1.165) is 16.1 Å². The zero-order chi connectivity index (χ0) is 19.6. The molecule has 27 heavy (non-hydrogen) atoms. The number of urea groups is 1. The van der Waals surface area contributed by atoms with Gasteiger partial charge in [-0.15, -0.1) is 0 Å².